The van der Waals surface area contributed by atoms with Gasteiger partial charge in [-0.25, -0.2) is 4.39 Å². The lowest BCUT2D eigenvalue weighted by Gasteiger charge is -2.13. The summed E-state index contributed by atoms with van der Waals surface area (Å²) in [6.45, 7) is 2.12. The van der Waals surface area contributed by atoms with Crippen LogP contribution in [-0.2, 0) is 6.61 Å². The maximum atomic E-state index is 13.0. The zero-order valence-corrected chi connectivity index (χ0v) is 11.5. The Morgan fingerprint density at radius 1 is 1.25 bits per heavy atom. The number of halogens is 1. The molecule has 1 aromatic heterocycles. The van der Waals surface area contributed by atoms with Crippen molar-refractivity contribution in [1.82, 2.24) is 4.98 Å². The molecule has 0 aliphatic rings. The average molecular weight is 276 g/mol. The second-order valence-electron chi connectivity index (χ2n) is 4.50. The highest BCUT2D eigenvalue weighted by atomic mass is 19.1. The fourth-order valence-corrected chi connectivity index (χ4v) is 1.78. The lowest BCUT2D eigenvalue weighted by Crippen LogP contribution is -2.06. The van der Waals surface area contributed by atoms with E-state index in [1.54, 1.807) is 19.4 Å². The Hall–Kier alpha value is -2.14. The number of hydrogen-bond acceptors (Lipinski definition) is 4. The van der Waals surface area contributed by atoms with E-state index in [1.165, 1.54) is 6.07 Å². The molecular formula is C15H17FN2O2. The molecule has 0 radical (unpaired) electrons. The monoisotopic (exact) mass is 276 g/mol. The molecule has 1 heterocycles. The lowest BCUT2D eigenvalue weighted by molar-refractivity contribution is 0.283. The van der Waals surface area contributed by atoms with Crippen molar-refractivity contribution in [3.05, 3.63) is 53.6 Å². The van der Waals surface area contributed by atoms with Crippen LogP contribution < -0.4 is 15.2 Å². The molecule has 0 aliphatic heterocycles. The van der Waals surface area contributed by atoms with Crippen LogP contribution in [0.2, 0.25) is 0 Å². The minimum absolute atomic E-state index is 0.0784. The summed E-state index contributed by atoms with van der Waals surface area (Å²) >= 11 is 0. The highest BCUT2D eigenvalue weighted by Gasteiger charge is 2.08. The summed E-state index contributed by atoms with van der Waals surface area (Å²) in [7, 11) is 1.57. The van der Waals surface area contributed by atoms with Crippen LogP contribution in [0, 0.1) is 5.82 Å². The summed E-state index contributed by atoms with van der Waals surface area (Å²) in [6.07, 6.45) is 2.72. The van der Waals surface area contributed by atoms with Gasteiger partial charge in [0, 0.05) is 17.8 Å². The molecule has 106 valence electrons. The number of pyridine rings is 1. The van der Waals surface area contributed by atoms with E-state index in [0.717, 1.165) is 11.8 Å². The summed E-state index contributed by atoms with van der Waals surface area (Å²) in [5.74, 6) is 0.802. The van der Waals surface area contributed by atoms with Gasteiger partial charge in [0.05, 0.1) is 13.3 Å². The van der Waals surface area contributed by atoms with Gasteiger partial charge >= 0.3 is 0 Å². The topological polar surface area (TPSA) is 57.4 Å². The van der Waals surface area contributed by atoms with E-state index >= 15 is 0 Å². The van der Waals surface area contributed by atoms with Crippen LogP contribution in [0.5, 0.6) is 11.5 Å². The Labute approximate surface area is 117 Å². The summed E-state index contributed by atoms with van der Waals surface area (Å²) < 4.78 is 23.9. The zero-order chi connectivity index (χ0) is 14.5. The highest BCUT2D eigenvalue weighted by Crippen LogP contribution is 2.30. The van der Waals surface area contributed by atoms with Crippen molar-refractivity contribution in [3.8, 4) is 11.5 Å². The number of aromatic nitrogens is 1. The molecule has 0 bridgehead atoms. The first-order valence-electron chi connectivity index (χ1n) is 6.26. The summed E-state index contributed by atoms with van der Waals surface area (Å²) in [5, 5.41) is 0. The quantitative estimate of drug-likeness (QED) is 0.912. The molecule has 4 nitrogen and oxygen atoms in total. The Bertz CT molecular complexity index is 588. The zero-order valence-electron chi connectivity index (χ0n) is 11.5. The molecule has 0 amide bonds. The van der Waals surface area contributed by atoms with E-state index < -0.39 is 0 Å². The standard InChI is InChI=1S/C15H17FN2O2/c1-10(17)12-3-4-14(15(6-12)19-2)20-9-11-5-13(16)8-18-7-11/h3-8,10H,9,17H2,1-2H3. The predicted molar refractivity (Wildman–Crippen MR) is 74.1 cm³/mol. The largest absolute Gasteiger partial charge is 0.493 e. The van der Waals surface area contributed by atoms with Gasteiger partial charge in [-0.05, 0) is 30.7 Å². The third-order valence-electron chi connectivity index (χ3n) is 2.87. The first-order chi connectivity index (χ1) is 9.60. The van der Waals surface area contributed by atoms with Crippen LogP contribution in [0.15, 0.2) is 36.7 Å². The van der Waals surface area contributed by atoms with Crippen molar-refractivity contribution < 1.29 is 13.9 Å². The van der Waals surface area contributed by atoms with Gasteiger partial charge in [0.2, 0.25) is 0 Å². The molecule has 0 saturated carbocycles. The lowest BCUT2D eigenvalue weighted by atomic mass is 10.1. The number of nitrogens with zero attached hydrogens (tertiary/aromatic N) is 1. The van der Waals surface area contributed by atoms with Crippen LogP contribution in [0.4, 0.5) is 4.39 Å². The number of rotatable bonds is 5. The van der Waals surface area contributed by atoms with E-state index in [1.807, 2.05) is 19.1 Å². The normalized spacial score (nSPS) is 12.0. The molecule has 1 atom stereocenters. The molecule has 5 heteroatoms. The van der Waals surface area contributed by atoms with E-state index in [9.17, 15) is 4.39 Å². The van der Waals surface area contributed by atoms with E-state index in [4.69, 9.17) is 15.2 Å². The molecule has 2 rings (SSSR count). The number of nitrogens with two attached hydrogens (primary N) is 1. The fraction of sp³-hybridized carbons (Fsp3) is 0.267. The van der Waals surface area contributed by atoms with Gasteiger partial charge in [0.15, 0.2) is 11.5 Å². The van der Waals surface area contributed by atoms with Crippen molar-refractivity contribution in [1.29, 1.82) is 0 Å². The van der Waals surface area contributed by atoms with Gasteiger partial charge in [-0.3, -0.25) is 4.98 Å². The number of ether oxygens (including phenoxy) is 2. The molecule has 20 heavy (non-hydrogen) atoms. The average Bonchev–Trinajstić information content (AvgIpc) is 2.45. The third kappa shape index (κ3) is 3.45. The van der Waals surface area contributed by atoms with Crippen LogP contribution in [-0.4, -0.2) is 12.1 Å². The number of hydrogen-bond donors (Lipinski definition) is 1. The van der Waals surface area contributed by atoms with E-state index in [2.05, 4.69) is 4.98 Å². The first-order valence-corrected chi connectivity index (χ1v) is 6.26. The first kappa shape index (κ1) is 14.3. The van der Waals surface area contributed by atoms with Crippen molar-refractivity contribution in [2.24, 2.45) is 5.73 Å². The molecular weight excluding hydrogens is 259 g/mol. The van der Waals surface area contributed by atoms with Crippen molar-refractivity contribution in [2.45, 2.75) is 19.6 Å². The molecule has 1 unspecified atom stereocenters. The van der Waals surface area contributed by atoms with Crippen molar-refractivity contribution >= 4 is 0 Å². The third-order valence-corrected chi connectivity index (χ3v) is 2.87. The fourth-order valence-electron chi connectivity index (χ4n) is 1.78. The highest BCUT2D eigenvalue weighted by molar-refractivity contribution is 5.43. The molecule has 0 aliphatic carbocycles. The molecule has 0 fully saturated rings. The van der Waals surface area contributed by atoms with Crippen LogP contribution >= 0.6 is 0 Å². The smallest absolute Gasteiger partial charge is 0.161 e. The Kier molecular flexibility index (Phi) is 4.53. The maximum absolute atomic E-state index is 13.0. The molecule has 1 aromatic carbocycles. The van der Waals surface area contributed by atoms with Crippen molar-refractivity contribution in [2.75, 3.05) is 7.11 Å². The summed E-state index contributed by atoms with van der Waals surface area (Å²) in [4.78, 5) is 3.77. The molecule has 0 saturated heterocycles. The maximum Gasteiger partial charge on any atom is 0.161 e. The molecule has 2 N–H and O–H groups in total. The number of methoxy groups -OCH3 is 1. The van der Waals surface area contributed by atoms with Crippen LogP contribution in [0.1, 0.15) is 24.1 Å². The Morgan fingerprint density at radius 3 is 2.70 bits per heavy atom. The summed E-state index contributed by atoms with van der Waals surface area (Å²) in [6, 6.07) is 6.82. The second kappa shape index (κ2) is 6.34. The predicted octanol–water partition coefficient (Wildman–Crippen LogP) is 2.83. The van der Waals surface area contributed by atoms with E-state index in [0.29, 0.717) is 17.1 Å². The molecule has 0 spiro atoms. The minimum Gasteiger partial charge on any atom is -0.493 e. The SMILES string of the molecule is COc1cc(C(C)N)ccc1OCc1cncc(F)c1. The van der Waals surface area contributed by atoms with Gasteiger partial charge in [-0.1, -0.05) is 6.07 Å². The Balaban J connectivity index is 2.13. The van der Waals surface area contributed by atoms with Gasteiger partial charge < -0.3 is 15.2 Å². The van der Waals surface area contributed by atoms with Gasteiger partial charge in [0.25, 0.3) is 0 Å². The summed E-state index contributed by atoms with van der Waals surface area (Å²) in [5.41, 5.74) is 7.44. The number of benzene rings is 1. The Morgan fingerprint density at radius 2 is 2.05 bits per heavy atom. The minimum atomic E-state index is -0.384. The van der Waals surface area contributed by atoms with Crippen molar-refractivity contribution in [3.63, 3.8) is 0 Å². The van der Waals surface area contributed by atoms with Crippen LogP contribution in [0.3, 0.4) is 0 Å². The van der Waals surface area contributed by atoms with E-state index in [-0.39, 0.29) is 18.5 Å². The van der Waals surface area contributed by atoms with Crippen LogP contribution in [0.25, 0.3) is 0 Å². The van der Waals surface area contributed by atoms with Gasteiger partial charge in [-0.2, -0.15) is 0 Å². The van der Waals surface area contributed by atoms with Gasteiger partial charge in [0.1, 0.15) is 12.4 Å². The van der Waals surface area contributed by atoms with Gasteiger partial charge in [-0.15, -0.1) is 0 Å². The molecule has 2 aromatic rings. The second-order valence-corrected chi connectivity index (χ2v) is 4.50.